The topological polar surface area (TPSA) is 44.1 Å². The van der Waals surface area contributed by atoms with Crippen LogP contribution in [0.5, 0.6) is 5.75 Å². The van der Waals surface area contributed by atoms with Crippen molar-refractivity contribution >= 4 is 11.9 Å². The number of ketones is 1. The molecule has 0 spiro atoms. The van der Waals surface area contributed by atoms with Crippen LogP contribution in [0.25, 0.3) is 6.08 Å². The summed E-state index contributed by atoms with van der Waals surface area (Å²) < 4.78 is 6.98. The molecule has 0 aliphatic rings. The third-order valence-electron chi connectivity index (χ3n) is 2.78. The van der Waals surface area contributed by atoms with Crippen LogP contribution in [-0.4, -0.2) is 22.7 Å². The lowest BCUT2D eigenvalue weighted by Gasteiger charge is -2.03. The lowest BCUT2D eigenvalue weighted by Crippen LogP contribution is -1.98. The molecule has 98 valence electrons. The van der Waals surface area contributed by atoms with E-state index in [1.54, 1.807) is 31.5 Å². The lowest BCUT2D eigenvalue weighted by molar-refractivity contribution is 0.104. The number of aryl methyl sites for hydroxylation is 1. The number of benzene rings is 1. The van der Waals surface area contributed by atoms with Gasteiger partial charge in [-0.3, -0.25) is 9.48 Å². The molecule has 19 heavy (non-hydrogen) atoms. The molecule has 0 atom stereocenters. The lowest BCUT2D eigenvalue weighted by atomic mass is 10.1. The molecule has 0 saturated carbocycles. The van der Waals surface area contributed by atoms with Crippen molar-refractivity contribution < 1.29 is 9.53 Å². The van der Waals surface area contributed by atoms with Crippen LogP contribution in [0.3, 0.4) is 0 Å². The monoisotopic (exact) mass is 256 g/mol. The molecule has 0 unspecified atom stereocenters. The van der Waals surface area contributed by atoms with Gasteiger partial charge in [0.2, 0.25) is 0 Å². The maximum absolute atomic E-state index is 12.1. The Morgan fingerprint density at radius 2 is 2.21 bits per heavy atom. The second-order valence-corrected chi connectivity index (χ2v) is 4.03. The predicted molar refractivity (Wildman–Crippen MR) is 74.3 cm³/mol. The number of allylic oxidation sites excluding steroid dienone is 1. The average molecular weight is 256 g/mol. The minimum atomic E-state index is -0.0818. The van der Waals surface area contributed by atoms with Gasteiger partial charge in [-0.05, 0) is 31.2 Å². The molecule has 0 aliphatic carbocycles. The first-order valence-electron chi connectivity index (χ1n) is 6.12. The third kappa shape index (κ3) is 3.10. The quantitative estimate of drug-likeness (QED) is 0.610. The minimum absolute atomic E-state index is 0.0818. The first kappa shape index (κ1) is 13.1. The van der Waals surface area contributed by atoms with Crippen molar-refractivity contribution in [1.82, 2.24) is 9.78 Å². The van der Waals surface area contributed by atoms with E-state index in [0.717, 1.165) is 12.1 Å². The number of nitrogens with zero attached hydrogens (tertiary/aromatic N) is 2. The summed E-state index contributed by atoms with van der Waals surface area (Å²) in [5.41, 5.74) is 1.47. The maximum Gasteiger partial charge on any atom is 0.189 e. The van der Waals surface area contributed by atoms with Gasteiger partial charge in [-0.25, -0.2) is 0 Å². The second kappa shape index (κ2) is 6.00. The summed E-state index contributed by atoms with van der Waals surface area (Å²) in [6, 6.07) is 7.18. The molecule has 0 aliphatic heterocycles. The smallest absolute Gasteiger partial charge is 0.189 e. The molecule has 0 N–H and O–H groups in total. The molecule has 1 aromatic heterocycles. The van der Waals surface area contributed by atoms with Gasteiger partial charge in [0.15, 0.2) is 5.78 Å². The van der Waals surface area contributed by atoms with E-state index >= 15 is 0 Å². The highest BCUT2D eigenvalue weighted by atomic mass is 16.5. The first-order chi connectivity index (χ1) is 9.24. The Morgan fingerprint density at radius 3 is 2.89 bits per heavy atom. The largest absolute Gasteiger partial charge is 0.496 e. The molecule has 0 fully saturated rings. The summed E-state index contributed by atoms with van der Waals surface area (Å²) in [7, 11) is 1.56. The Hall–Kier alpha value is -2.36. The van der Waals surface area contributed by atoms with Crippen molar-refractivity contribution in [2.45, 2.75) is 13.5 Å². The number of methoxy groups -OCH3 is 1. The van der Waals surface area contributed by atoms with Gasteiger partial charge in [0.25, 0.3) is 0 Å². The molecular formula is C15H16N2O2. The number of ether oxygens (including phenoxy) is 1. The molecule has 4 heteroatoms. The Labute approximate surface area is 112 Å². The summed E-state index contributed by atoms with van der Waals surface area (Å²) in [5, 5.41) is 4.15. The molecule has 1 heterocycles. The zero-order valence-electron chi connectivity index (χ0n) is 11.0. The maximum atomic E-state index is 12.1. The van der Waals surface area contributed by atoms with Crippen molar-refractivity contribution in [3.63, 3.8) is 0 Å². The first-order valence-corrected chi connectivity index (χ1v) is 6.12. The minimum Gasteiger partial charge on any atom is -0.496 e. The van der Waals surface area contributed by atoms with E-state index in [0.29, 0.717) is 11.3 Å². The fourth-order valence-electron chi connectivity index (χ4n) is 1.75. The number of carbonyl (C=O) groups is 1. The van der Waals surface area contributed by atoms with E-state index in [2.05, 4.69) is 5.10 Å². The summed E-state index contributed by atoms with van der Waals surface area (Å²) in [4.78, 5) is 12.1. The molecule has 2 aromatic rings. The number of para-hydroxylation sites is 1. The SMILES string of the molecule is CCn1cc(/C=C/C(=O)c2ccccc2OC)cn1. The van der Waals surface area contributed by atoms with E-state index in [-0.39, 0.29) is 5.78 Å². The summed E-state index contributed by atoms with van der Waals surface area (Å²) >= 11 is 0. The van der Waals surface area contributed by atoms with E-state index in [1.807, 2.05) is 29.9 Å². The van der Waals surface area contributed by atoms with Crippen LogP contribution in [0, 0.1) is 0 Å². The van der Waals surface area contributed by atoms with Crippen LogP contribution < -0.4 is 4.74 Å². The van der Waals surface area contributed by atoms with Crippen molar-refractivity contribution in [3.8, 4) is 5.75 Å². The summed E-state index contributed by atoms with van der Waals surface area (Å²) in [6.07, 6.45) is 6.92. The molecule has 0 amide bonds. The highest BCUT2D eigenvalue weighted by molar-refractivity contribution is 6.08. The van der Waals surface area contributed by atoms with Crippen molar-refractivity contribution in [3.05, 3.63) is 53.9 Å². The number of aromatic nitrogens is 2. The van der Waals surface area contributed by atoms with Crippen molar-refractivity contribution in [2.24, 2.45) is 0 Å². The average Bonchev–Trinajstić information content (AvgIpc) is 2.92. The van der Waals surface area contributed by atoms with E-state index in [9.17, 15) is 4.79 Å². The third-order valence-corrected chi connectivity index (χ3v) is 2.78. The van der Waals surface area contributed by atoms with E-state index in [4.69, 9.17) is 4.74 Å². The van der Waals surface area contributed by atoms with Gasteiger partial charge in [0.05, 0.1) is 18.9 Å². The molecule has 2 rings (SSSR count). The highest BCUT2D eigenvalue weighted by Gasteiger charge is 2.08. The molecular weight excluding hydrogens is 240 g/mol. The van der Waals surface area contributed by atoms with E-state index in [1.165, 1.54) is 6.08 Å². The normalized spacial score (nSPS) is 10.8. The van der Waals surface area contributed by atoms with Gasteiger partial charge >= 0.3 is 0 Å². The Balaban J connectivity index is 2.16. The Kier molecular flexibility index (Phi) is 4.13. The standard InChI is InChI=1S/C15H16N2O2/c1-3-17-11-12(10-16-17)8-9-14(18)13-6-4-5-7-15(13)19-2/h4-11H,3H2,1-2H3/b9-8+. The Morgan fingerprint density at radius 1 is 1.42 bits per heavy atom. The molecule has 4 nitrogen and oxygen atoms in total. The zero-order valence-corrected chi connectivity index (χ0v) is 11.0. The highest BCUT2D eigenvalue weighted by Crippen LogP contribution is 2.18. The second-order valence-electron chi connectivity index (χ2n) is 4.03. The van der Waals surface area contributed by atoms with Gasteiger partial charge in [-0.15, -0.1) is 0 Å². The van der Waals surface area contributed by atoms with Gasteiger partial charge < -0.3 is 4.74 Å². The van der Waals surface area contributed by atoms with E-state index < -0.39 is 0 Å². The summed E-state index contributed by atoms with van der Waals surface area (Å²) in [6.45, 7) is 2.83. The summed E-state index contributed by atoms with van der Waals surface area (Å²) in [5.74, 6) is 0.503. The predicted octanol–water partition coefficient (Wildman–Crippen LogP) is 2.81. The van der Waals surface area contributed by atoms with Gasteiger partial charge in [0.1, 0.15) is 5.75 Å². The number of hydrogen-bond donors (Lipinski definition) is 0. The number of rotatable bonds is 5. The number of hydrogen-bond acceptors (Lipinski definition) is 3. The van der Waals surface area contributed by atoms with Gasteiger partial charge in [-0.1, -0.05) is 12.1 Å². The molecule has 0 radical (unpaired) electrons. The van der Waals surface area contributed by atoms with Crippen LogP contribution in [-0.2, 0) is 6.54 Å². The zero-order chi connectivity index (χ0) is 13.7. The van der Waals surface area contributed by atoms with Crippen LogP contribution in [0.1, 0.15) is 22.8 Å². The van der Waals surface area contributed by atoms with Crippen LogP contribution in [0.15, 0.2) is 42.7 Å². The van der Waals surface area contributed by atoms with Gasteiger partial charge in [0, 0.05) is 18.3 Å². The molecule has 1 aromatic carbocycles. The Bertz CT molecular complexity index is 600. The fraction of sp³-hybridized carbons (Fsp3) is 0.200. The van der Waals surface area contributed by atoms with Crippen molar-refractivity contribution in [2.75, 3.05) is 7.11 Å². The number of carbonyl (C=O) groups excluding carboxylic acids is 1. The molecule has 0 bridgehead atoms. The van der Waals surface area contributed by atoms with Crippen LogP contribution in [0.4, 0.5) is 0 Å². The van der Waals surface area contributed by atoms with Gasteiger partial charge in [-0.2, -0.15) is 5.10 Å². The fourth-order valence-corrected chi connectivity index (χ4v) is 1.75. The molecule has 0 saturated heterocycles. The van der Waals surface area contributed by atoms with Crippen molar-refractivity contribution in [1.29, 1.82) is 0 Å². The van der Waals surface area contributed by atoms with Crippen LogP contribution >= 0.6 is 0 Å². The van der Waals surface area contributed by atoms with Crippen LogP contribution in [0.2, 0.25) is 0 Å².